The number of aromatic nitrogens is 2. The van der Waals surface area contributed by atoms with Gasteiger partial charge in [-0.05, 0) is 89.9 Å². The minimum absolute atomic E-state index is 0.0123. The van der Waals surface area contributed by atoms with E-state index in [2.05, 4.69) is 88.3 Å². The first-order chi connectivity index (χ1) is 20.0. The molecule has 1 amide bonds. The summed E-state index contributed by atoms with van der Waals surface area (Å²) in [5, 5.41) is 0.0123. The van der Waals surface area contributed by atoms with E-state index in [-0.39, 0.29) is 26.9 Å². The van der Waals surface area contributed by atoms with E-state index in [1.807, 2.05) is 44.0 Å². The summed E-state index contributed by atoms with van der Waals surface area (Å²) in [6.45, 7) is 22.3. The van der Waals surface area contributed by atoms with Crippen molar-refractivity contribution < 1.29 is 18.7 Å². The van der Waals surface area contributed by atoms with Crippen LogP contribution in [0.2, 0.25) is 5.04 Å². The molecule has 2 aromatic heterocycles. The van der Waals surface area contributed by atoms with Crippen LogP contribution in [0.15, 0.2) is 48.7 Å². The molecule has 1 aliphatic heterocycles. The number of amides is 1. The van der Waals surface area contributed by atoms with Crippen molar-refractivity contribution in [3.63, 3.8) is 0 Å². The minimum Gasteiger partial charge on any atom is -0.497 e. The maximum Gasteiger partial charge on any atom is 0.410 e. The Bertz CT molecular complexity index is 1420. The van der Waals surface area contributed by atoms with E-state index >= 15 is 0 Å². The van der Waals surface area contributed by atoms with Gasteiger partial charge in [0.1, 0.15) is 11.4 Å². The Morgan fingerprint density at radius 3 is 2.21 bits per heavy atom. The molecule has 0 bridgehead atoms. The van der Waals surface area contributed by atoms with Gasteiger partial charge < -0.3 is 23.4 Å². The number of benzene rings is 1. The average molecular weight is 605 g/mol. The highest BCUT2D eigenvalue weighted by molar-refractivity contribution is 6.31. The molecule has 1 aliphatic rings. The number of piperazine rings is 1. The zero-order valence-corrected chi connectivity index (χ0v) is 28.7. The number of pyridine rings is 1. The lowest BCUT2D eigenvalue weighted by molar-refractivity contribution is -0.0296. The predicted octanol–water partition coefficient (Wildman–Crippen LogP) is 7.22. The molecule has 3 aromatic rings. The quantitative estimate of drug-likeness (QED) is 0.265. The average Bonchev–Trinajstić information content (AvgIpc) is 3.27. The van der Waals surface area contributed by atoms with Crippen LogP contribution in [0.1, 0.15) is 66.8 Å². The molecule has 0 N–H and O–H groups in total. The first-order valence-corrected chi connectivity index (χ1v) is 15.9. The van der Waals surface area contributed by atoms with Gasteiger partial charge in [-0.25, -0.2) is 4.79 Å². The third kappa shape index (κ3) is 7.62. The van der Waals surface area contributed by atoms with Crippen LogP contribution in [0, 0.1) is 13.8 Å². The molecular weight excluding hydrogens is 556 g/mol. The van der Waals surface area contributed by atoms with E-state index < -0.39 is 11.2 Å². The van der Waals surface area contributed by atoms with Crippen LogP contribution in [-0.2, 0) is 9.16 Å². The summed E-state index contributed by atoms with van der Waals surface area (Å²) in [6, 6.07) is 14.2. The second-order valence-electron chi connectivity index (χ2n) is 13.9. The van der Waals surface area contributed by atoms with Crippen molar-refractivity contribution in [3.05, 3.63) is 60.0 Å². The molecule has 0 spiro atoms. The Kier molecular flexibility index (Phi) is 9.37. The zero-order chi connectivity index (χ0) is 31.7. The summed E-state index contributed by atoms with van der Waals surface area (Å²) in [5.74, 6) is 0.786. The molecule has 232 valence electrons. The molecule has 0 aliphatic carbocycles. The van der Waals surface area contributed by atoms with Gasteiger partial charge in [0, 0.05) is 48.8 Å². The molecular formula is C34H48N4O4Si. The monoisotopic (exact) mass is 604 g/mol. The third-order valence-electron chi connectivity index (χ3n) is 7.53. The van der Waals surface area contributed by atoms with Gasteiger partial charge in [0.05, 0.1) is 35.8 Å². The van der Waals surface area contributed by atoms with Gasteiger partial charge in [0.25, 0.3) is 0 Å². The lowest BCUT2D eigenvalue weighted by Gasteiger charge is -2.49. The van der Waals surface area contributed by atoms with Crippen LogP contribution in [0.3, 0.4) is 0 Å². The Balaban J connectivity index is 1.77. The van der Waals surface area contributed by atoms with Crippen LogP contribution < -0.4 is 9.64 Å². The van der Waals surface area contributed by atoms with Crippen molar-refractivity contribution in [2.75, 3.05) is 31.6 Å². The Labute approximate surface area is 260 Å². The number of methoxy groups -OCH3 is 1. The van der Waals surface area contributed by atoms with E-state index in [4.69, 9.17) is 18.9 Å². The van der Waals surface area contributed by atoms with Crippen molar-refractivity contribution in [3.8, 4) is 22.7 Å². The summed E-state index contributed by atoms with van der Waals surface area (Å²) in [4.78, 5) is 22.6. The molecule has 1 aromatic carbocycles. The normalized spacial score (nSPS) is 16.4. The Hall–Kier alpha value is -3.30. The largest absolute Gasteiger partial charge is 0.497 e. The summed E-state index contributed by atoms with van der Waals surface area (Å²) in [6.07, 6.45) is 1.53. The first-order valence-electron chi connectivity index (χ1n) is 15.0. The van der Waals surface area contributed by atoms with E-state index in [1.54, 1.807) is 7.11 Å². The second-order valence-corrected chi connectivity index (χ2v) is 15.8. The third-order valence-corrected chi connectivity index (χ3v) is 8.77. The number of aryl methyl sites for hydroxylation is 2. The van der Waals surface area contributed by atoms with Crippen LogP contribution in [0.5, 0.6) is 5.75 Å². The van der Waals surface area contributed by atoms with E-state index in [1.165, 1.54) is 0 Å². The summed E-state index contributed by atoms with van der Waals surface area (Å²) < 4.78 is 20.3. The van der Waals surface area contributed by atoms with Gasteiger partial charge >= 0.3 is 6.09 Å². The van der Waals surface area contributed by atoms with E-state index in [0.717, 1.165) is 39.8 Å². The molecule has 43 heavy (non-hydrogen) atoms. The van der Waals surface area contributed by atoms with Crippen molar-refractivity contribution in [2.24, 2.45) is 0 Å². The molecule has 1 saturated heterocycles. The van der Waals surface area contributed by atoms with Crippen molar-refractivity contribution in [2.45, 2.75) is 91.5 Å². The Morgan fingerprint density at radius 1 is 0.930 bits per heavy atom. The van der Waals surface area contributed by atoms with Gasteiger partial charge in [-0.2, -0.15) is 0 Å². The van der Waals surface area contributed by atoms with Crippen molar-refractivity contribution in [1.82, 2.24) is 14.5 Å². The number of nitrogens with zero attached hydrogens (tertiary/aromatic N) is 4. The molecule has 8 nitrogen and oxygen atoms in total. The second kappa shape index (κ2) is 12.4. The van der Waals surface area contributed by atoms with Crippen LogP contribution in [-0.4, -0.2) is 74.3 Å². The predicted molar refractivity (Wildman–Crippen MR) is 175 cm³/mol. The number of hydrogen-bond donors (Lipinski definition) is 0. The highest BCUT2D eigenvalue weighted by atomic mass is 28.2. The smallest absolute Gasteiger partial charge is 0.410 e. The molecule has 0 saturated carbocycles. The fourth-order valence-electron chi connectivity index (χ4n) is 5.42. The highest BCUT2D eigenvalue weighted by Crippen LogP contribution is 2.38. The number of rotatable bonds is 7. The Morgan fingerprint density at radius 2 is 1.60 bits per heavy atom. The van der Waals surface area contributed by atoms with Crippen LogP contribution in [0.4, 0.5) is 10.5 Å². The molecule has 1 atom stereocenters. The first kappa shape index (κ1) is 32.6. The van der Waals surface area contributed by atoms with Crippen molar-refractivity contribution in [1.29, 1.82) is 0 Å². The maximum atomic E-state index is 13.5. The topological polar surface area (TPSA) is 69.1 Å². The molecule has 2 radical (unpaired) electrons. The van der Waals surface area contributed by atoms with Crippen molar-refractivity contribution >= 4 is 21.5 Å². The molecule has 3 heterocycles. The highest BCUT2D eigenvalue weighted by Gasteiger charge is 2.44. The summed E-state index contributed by atoms with van der Waals surface area (Å²) in [5.41, 5.74) is 4.98. The SMILES string of the molecule is COc1ccc(-c2ncccc2N2CCN(C(=O)OC(C)(C)C)[C@H](C(C)(C)O[Si]C(C)(C)C)C2)c(-n2c(C)ccc2C)c1. The van der Waals surface area contributed by atoms with E-state index in [0.29, 0.717) is 19.6 Å². The fraction of sp³-hybridized carbons (Fsp3) is 0.529. The number of ether oxygens (including phenoxy) is 2. The number of hydrogen-bond acceptors (Lipinski definition) is 6. The number of anilines is 1. The van der Waals surface area contributed by atoms with Crippen LogP contribution in [0.25, 0.3) is 16.9 Å². The molecule has 0 unspecified atom stereocenters. The van der Waals surface area contributed by atoms with E-state index in [9.17, 15) is 4.79 Å². The number of carbonyl (C=O) groups excluding carboxylic acids is 1. The standard InChI is InChI=1S/C34H48N4O4Si/c1-23-14-15-24(2)38(23)28-21-25(40-11)16-17-26(28)30-27(13-12-18-35-30)36-19-20-37(31(39)41-32(3,4)5)29(22-36)34(9,10)42-43-33(6,7)8/h12-18,21,29H,19-20,22H2,1-11H3/t29-/m0/s1. The lowest BCUT2D eigenvalue weighted by Crippen LogP contribution is -2.64. The molecule has 4 rings (SSSR count). The van der Waals surface area contributed by atoms with Gasteiger partial charge in [-0.3, -0.25) is 9.88 Å². The van der Waals surface area contributed by atoms with Gasteiger partial charge in [0.15, 0.2) is 0 Å². The minimum atomic E-state index is -0.617. The summed E-state index contributed by atoms with van der Waals surface area (Å²) >= 11 is 0. The van der Waals surface area contributed by atoms with Crippen LogP contribution >= 0.6 is 0 Å². The molecule has 1 fully saturated rings. The summed E-state index contributed by atoms with van der Waals surface area (Å²) in [7, 11) is 1.97. The zero-order valence-electron chi connectivity index (χ0n) is 27.7. The molecule has 9 heteroatoms. The lowest BCUT2D eigenvalue weighted by atomic mass is 9.94. The fourth-order valence-corrected chi connectivity index (χ4v) is 6.13. The number of carbonyl (C=O) groups is 1. The van der Waals surface area contributed by atoms with Gasteiger partial charge in [-0.15, -0.1) is 0 Å². The van der Waals surface area contributed by atoms with Gasteiger partial charge in [-0.1, -0.05) is 20.8 Å². The maximum absolute atomic E-state index is 13.5. The van der Waals surface area contributed by atoms with Gasteiger partial charge in [0.2, 0.25) is 9.76 Å².